The van der Waals surface area contributed by atoms with Crippen molar-refractivity contribution < 1.29 is 10.0 Å². The van der Waals surface area contributed by atoms with Gasteiger partial charge in [-0.2, -0.15) is 0 Å². The Hall–Kier alpha value is -2.08. The van der Waals surface area contributed by atoms with E-state index in [4.69, 9.17) is 5.21 Å². The Labute approximate surface area is 143 Å². The van der Waals surface area contributed by atoms with Crippen molar-refractivity contribution in [2.24, 2.45) is 5.16 Å². The zero-order valence-electron chi connectivity index (χ0n) is 14.0. The van der Waals surface area contributed by atoms with E-state index in [9.17, 15) is 4.79 Å². The topological polar surface area (TPSA) is 59.4 Å². The third-order valence-electron chi connectivity index (χ3n) is 5.10. The summed E-state index contributed by atoms with van der Waals surface area (Å²) in [6, 6.07) is 10.5. The lowest BCUT2D eigenvalue weighted by Gasteiger charge is -2.42. The minimum atomic E-state index is 0.231. The van der Waals surface area contributed by atoms with Crippen LogP contribution in [0.5, 0.6) is 0 Å². The SMILES string of the molecule is O=C(Cc1ccccc1)N1CCN(C2CCN(/C=N\O)CC2)CC1. The summed E-state index contributed by atoms with van der Waals surface area (Å²) in [6.07, 6.45) is 4.18. The van der Waals surface area contributed by atoms with Gasteiger partial charge in [-0.1, -0.05) is 35.5 Å². The van der Waals surface area contributed by atoms with Crippen LogP contribution in [0.25, 0.3) is 0 Å². The fourth-order valence-corrected chi connectivity index (χ4v) is 3.66. The van der Waals surface area contributed by atoms with Crippen LogP contribution < -0.4 is 0 Å². The van der Waals surface area contributed by atoms with E-state index in [2.05, 4.69) is 15.0 Å². The number of hydrogen-bond acceptors (Lipinski definition) is 4. The number of nitrogens with zero attached hydrogens (tertiary/aromatic N) is 4. The Kier molecular flexibility index (Phi) is 5.69. The molecule has 2 aliphatic heterocycles. The van der Waals surface area contributed by atoms with Crippen molar-refractivity contribution in [2.45, 2.75) is 25.3 Å². The zero-order valence-corrected chi connectivity index (χ0v) is 14.0. The number of amides is 1. The predicted octanol–water partition coefficient (Wildman–Crippen LogP) is 1.26. The number of rotatable bonds is 4. The highest BCUT2D eigenvalue weighted by Crippen LogP contribution is 2.18. The van der Waals surface area contributed by atoms with Gasteiger partial charge in [-0.15, -0.1) is 0 Å². The molecule has 1 aromatic rings. The number of benzene rings is 1. The minimum Gasteiger partial charge on any atom is -0.410 e. The van der Waals surface area contributed by atoms with Gasteiger partial charge in [0.2, 0.25) is 5.91 Å². The highest BCUT2D eigenvalue weighted by Gasteiger charge is 2.28. The molecule has 2 fully saturated rings. The largest absolute Gasteiger partial charge is 0.410 e. The van der Waals surface area contributed by atoms with Crippen molar-refractivity contribution in [3.63, 3.8) is 0 Å². The molecule has 3 rings (SSSR count). The van der Waals surface area contributed by atoms with Crippen LogP contribution in [0.15, 0.2) is 35.5 Å². The van der Waals surface area contributed by atoms with Crippen LogP contribution in [0.4, 0.5) is 0 Å². The molecule has 0 aromatic heterocycles. The molecule has 0 saturated carbocycles. The fraction of sp³-hybridized carbons (Fsp3) is 0.556. The van der Waals surface area contributed by atoms with Crippen LogP contribution in [-0.2, 0) is 11.2 Å². The van der Waals surface area contributed by atoms with E-state index >= 15 is 0 Å². The molecule has 0 aliphatic carbocycles. The summed E-state index contributed by atoms with van der Waals surface area (Å²) >= 11 is 0. The zero-order chi connectivity index (χ0) is 16.8. The van der Waals surface area contributed by atoms with Gasteiger partial charge < -0.3 is 15.0 Å². The molecule has 0 spiro atoms. The van der Waals surface area contributed by atoms with E-state index in [-0.39, 0.29) is 5.91 Å². The Morgan fingerprint density at radius 3 is 2.38 bits per heavy atom. The summed E-state index contributed by atoms with van der Waals surface area (Å²) in [5.74, 6) is 0.231. The maximum absolute atomic E-state index is 12.4. The minimum absolute atomic E-state index is 0.231. The van der Waals surface area contributed by atoms with Gasteiger partial charge in [0.25, 0.3) is 0 Å². The van der Waals surface area contributed by atoms with E-state index in [0.717, 1.165) is 57.7 Å². The molecule has 0 atom stereocenters. The first-order chi connectivity index (χ1) is 11.8. The van der Waals surface area contributed by atoms with Crippen LogP contribution in [0.3, 0.4) is 0 Å². The van der Waals surface area contributed by atoms with Crippen molar-refractivity contribution >= 4 is 12.2 Å². The van der Waals surface area contributed by atoms with Crippen molar-refractivity contribution in [3.8, 4) is 0 Å². The van der Waals surface area contributed by atoms with E-state index in [1.54, 1.807) is 0 Å². The molecule has 24 heavy (non-hydrogen) atoms. The van der Waals surface area contributed by atoms with Crippen LogP contribution in [-0.4, -0.2) is 77.5 Å². The van der Waals surface area contributed by atoms with Crippen molar-refractivity contribution in [1.29, 1.82) is 0 Å². The fourth-order valence-electron chi connectivity index (χ4n) is 3.66. The molecule has 2 heterocycles. The van der Waals surface area contributed by atoms with Gasteiger partial charge in [0.05, 0.1) is 6.42 Å². The number of carbonyl (C=O) groups excluding carboxylic acids is 1. The van der Waals surface area contributed by atoms with Gasteiger partial charge in [-0.3, -0.25) is 9.69 Å². The molecule has 6 heteroatoms. The Morgan fingerprint density at radius 2 is 1.75 bits per heavy atom. The molecule has 1 amide bonds. The lowest BCUT2D eigenvalue weighted by atomic mass is 10.0. The summed E-state index contributed by atoms with van der Waals surface area (Å²) in [5.41, 5.74) is 1.09. The second-order valence-electron chi connectivity index (χ2n) is 6.58. The number of piperazine rings is 1. The summed E-state index contributed by atoms with van der Waals surface area (Å²) in [5, 5.41) is 11.7. The van der Waals surface area contributed by atoms with Crippen molar-refractivity contribution in [2.75, 3.05) is 39.3 Å². The molecule has 6 nitrogen and oxygen atoms in total. The first kappa shape index (κ1) is 16.8. The average molecular weight is 330 g/mol. The van der Waals surface area contributed by atoms with Crippen LogP contribution in [0.1, 0.15) is 18.4 Å². The maximum Gasteiger partial charge on any atom is 0.227 e. The van der Waals surface area contributed by atoms with Gasteiger partial charge in [-0.25, -0.2) is 0 Å². The monoisotopic (exact) mass is 330 g/mol. The van der Waals surface area contributed by atoms with Gasteiger partial charge in [0, 0.05) is 45.3 Å². The molecular formula is C18H26N4O2. The lowest BCUT2D eigenvalue weighted by Crippen LogP contribution is -2.54. The molecular weight excluding hydrogens is 304 g/mol. The number of oxime groups is 1. The quantitative estimate of drug-likeness (QED) is 0.391. The summed E-state index contributed by atoms with van der Waals surface area (Å²) in [6.45, 7) is 5.43. The standard InChI is InChI=1S/C18H26N4O2/c23-18(14-16-4-2-1-3-5-16)22-12-10-21(11-13-22)17-6-8-20(9-7-17)15-19-24/h1-5,15,17,24H,6-14H2/b19-15-. The van der Waals surface area contributed by atoms with Gasteiger partial charge in [0.1, 0.15) is 6.34 Å². The second-order valence-corrected chi connectivity index (χ2v) is 6.58. The molecule has 1 N–H and O–H groups in total. The van der Waals surface area contributed by atoms with Crippen LogP contribution >= 0.6 is 0 Å². The molecule has 0 unspecified atom stereocenters. The number of likely N-dealkylation sites (tertiary alicyclic amines) is 1. The van der Waals surface area contributed by atoms with Crippen LogP contribution in [0, 0.1) is 0 Å². The summed E-state index contributed by atoms with van der Waals surface area (Å²) < 4.78 is 0. The van der Waals surface area contributed by atoms with Gasteiger partial charge in [0.15, 0.2) is 0 Å². The van der Waals surface area contributed by atoms with E-state index in [1.165, 1.54) is 6.34 Å². The van der Waals surface area contributed by atoms with Crippen molar-refractivity contribution in [3.05, 3.63) is 35.9 Å². The number of hydrogen-bond donors (Lipinski definition) is 1. The number of piperidine rings is 1. The van der Waals surface area contributed by atoms with Gasteiger partial charge >= 0.3 is 0 Å². The molecule has 130 valence electrons. The highest BCUT2D eigenvalue weighted by molar-refractivity contribution is 5.78. The average Bonchev–Trinajstić information content (AvgIpc) is 2.64. The predicted molar refractivity (Wildman–Crippen MR) is 93.2 cm³/mol. The van der Waals surface area contributed by atoms with E-state index < -0.39 is 0 Å². The molecule has 0 radical (unpaired) electrons. The first-order valence-electron chi connectivity index (χ1n) is 8.73. The first-order valence-corrected chi connectivity index (χ1v) is 8.73. The van der Waals surface area contributed by atoms with Crippen molar-refractivity contribution in [1.82, 2.24) is 14.7 Å². The Balaban J connectivity index is 1.43. The van der Waals surface area contributed by atoms with E-state index in [1.807, 2.05) is 35.2 Å². The molecule has 0 bridgehead atoms. The third kappa shape index (κ3) is 4.26. The van der Waals surface area contributed by atoms with Gasteiger partial charge in [-0.05, 0) is 18.4 Å². The Morgan fingerprint density at radius 1 is 1.08 bits per heavy atom. The number of carbonyl (C=O) groups is 1. The smallest absolute Gasteiger partial charge is 0.227 e. The summed E-state index contributed by atoms with van der Waals surface area (Å²) in [4.78, 5) is 19.0. The normalized spacial score (nSPS) is 20.7. The molecule has 1 aromatic carbocycles. The third-order valence-corrected chi connectivity index (χ3v) is 5.10. The lowest BCUT2D eigenvalue weighted by molar-refractivity contribution is -0.132. The Bertz CT molecular complexity index is 547. The molecule has 2 aliphatic rings. The van der Waals surface area contributed by atoms with Crippen LogP contribution in [0.2, 0.25) is 0 Å². The maximum atomic E-state index is 12.4. The second kappa shape index (κ2) is 8.15. The summed E-state index contributed by atoms with van der Waals surface area (Å²) in [7, 11) is 0. The van der Waals surface area contributed by atoms with E-state index in [0.29, 0.717) is 12.5 Å². The highest BCUT2D eigenvalue weighted by atomic mass is 16.4. The molecule has 2 saturated heterocycles.